The van der Waals surface area contributed by atoms with Crippen LogP contribution in [-0.2, 0) is 0 Å². The van der Waals surface area contributed by atoms with E-state index >= 15 is 0 Å². The molecule has 0 aromatic heterocycles. The quantitative estimate of drug-likeness (QED) is 0.640. The van der Waals surface area contributed by atoms with Gasteiger partial charge >= 0.3 is 0 Å². The predicted octanol–water partition coefficient (Wildman–Crippen LogP) is 6.34. The molecule has 1 N–H and O–H groups in total. The van der Waals surface area contributed by atoms with Gasteiger partial charge in [0.2, 0.25) is 0 Å². The summed E-state index contributed by atoms with van der Waals surface area (Å²) in [6.07, 6.45) is 2.57. The average molecular weight is 391 g/mol. The molecule has 1 aliphatic heterocycles. The molecule has 1 aliphatic carbocycles. The Morgan fingerprint density at radius 2 is 1.88 bits per heavy atom. The molecule has 0 bridgehead atoms. The van der Waals surface area contributed by atoms with Crippen molar-refractivity contribution in [2.24, 2.45) is 5.92 Å². The van der Waals surface area contributed by atoms with Gasteiger partial charge in [-0.2, -0.15) is 0 Å². The van der Waals surface area contributed by atoms with Crippen LogP contribution < -0.4 is 5.43 Å². The van der Waals surface area contributed by atoms with E-state index in [2.05, 4.69) is 47.7 Å². The maximum Gasteiger partial charge on any atom is 0.0843 e. The van der Waals surface area contributed by atoms with E-state index in [1.807, 2.05) is 30.0 Å². The fraction of sp³-hybridized carbons (Fsp3) is 0.300. The summed E-state index contributed by atoms with van der Waals surface area (Å²) >= 11 is 14.4. The molecule has 25 heavy (non-hydrogen) atoms. The van der Waals surface area contributed by atoms with E-state index < -0.39 is 0 Å². The first-order chi connectivity index (χ1) is 12.1. The van der Waals surface area contributed by atoms with Crippen molar-refractivity contribution in [2.75, 3.05) is 5.88 Å². The lowest BCUT2D eigenvalue weighted by molar-refractivity contribution is 0.265. The van der Waals surface area contributed by atoms with Crippen molar-refractivity contribution >= 4 is 40.7 Å². The number of hydrazine groups is 1. The van der Waals surface area contributed by atoms with Crippen molar-refractivity contribution in [3.8, 4) is 0 Å². The Morgan fingerprint density at radius 3 is 2.56 bits per heavy atom. The van der Waals surface area contributed by atoms with Gasteiger partial charge in [-0.3, -0.25) is 5.01 Å². The summed E-state index contributed by atoms with van der Waals surface area (Å²) in [5, 5.41) is 3.61. The highest BCUT2D eigenvalue weighted by Gasteiger charge is 2.35. The second kappa shape index (κ2) is 7.24. The van der Waals surface area contributed by atoms with E-state index in [0.717, 1.165) is 17.1 Å². The number of nitrogens with zero attached hydrogens (tertiary/aromatic N) is 1. The summed E-state index contributed by atoms with van der Waals surface area (Å²) in [5.74, 6) is 1.59. The largest absolute Gasteiger partial charge is 0.296 e. The number of hydrogen-bond acceptors (Lipinski definition) is 3. The molecule has 2 aromatic carbocycles. The smallest absolute Gasteiger partial charge is 0.0843 e. The van der Waals surface area contributed by atoms with Gasteiger partial charge in [-0.25, -0.2) is 5.43 Å². The lowest BCUT2D eigenvalue weighted by Crippen LogP contribution is -2.38. The standard InChI is InChI=1S/C20H20Cl2N2S/c1-13-20(17-10-9-16(21)11-18(17)22)24(12-25-13)23-19(15-7-8-15)14-5-3-2-4-6-14/h2-6,9-11,15,19,23H,7-8,12H2,1H3. The highest BCUT2D eigenvalue weighted by Crippen LogP contribution is 2.44. The molecule has 4 rings (SSSR count). The van der Waals surface area contributed by atoms with Crippen LogP contribution in [0, 0.1) is 5.92 Å². The van der Waals surface area contributed by atoms with Gasteiger partial charge in [0.1, 0.15) is 0 Å². The summed E-state index contributed by atoms with van der Waals surface area (Å²) in [6, 6.07) is 16.8. The van der Waals surface area contributed by atoms with Gasteiger partial charge in [0.25, 0.3) is 0 Å². The maximum atomic E-state index is 6.49. The van der Waals surface area contributed by atoms with Crippen LogP contribution in [0.4, 0.5) is 0 Å². The molecule has 1 saturated carbocycles. The zero-order valence-corrected chi connectivity index (χ0v) is 16.3. The number of allylic oxidation sites excluding steroid dienone is 1. The van der Waals surface area contributed by atoms with Crippen molar-refractivity contribution < 1.29 is 0 Å². The van der Waals surface area contributed by atoms with Crippen LogP contribution in [0.25, 0.3) is 5.70 Å². The lowest BCUT2D eigenvalue weighted by Gasteiger charge is -2.30. The third-order valence-electron chi connectivity index (χ3n) is 4.75. The van der Waals surface area contributed by atoms with Crippen molar-refractivity contribution in [3.05, 3.63) is 74.6 Å². The number of benzene rings is 2. The molecular formula is C20H20Cl2N2S. The van der Waals surface area contributed by atoms with Crippen molar-refractivity contribution in [1.29, 1.82) is 0 Å². The molecule has 0 saturated heterocycles. The third kappa shape index (κ3) is 3.70. The summed E-state index contributed by atoms with van der Waals surface area (Å²) in [6.45, 7) is 2.15. The molecule has 5 heteroatoms. The normalized spacial score (nSPS) is 18.8. The first-order valence-corrected chi connectivity index (χ1v) is 10.3. The maximum absolute atomic E-state index is 6.49. The molecule has 0 radical (unpaired) electrons. The monoisotopic (exact) mass is 390 g/mol. The Morgan fingerprint density at radius 1 is 1.12 bits per heavy atom. The molecule has 1 atom stereocenters. The second-order valence-electron chi connectivity index (χ2n) is 6.59. The minimum Gasteiger partial charge on any atom is -0.296 e. The Labute approximate surface area is 163 Å². The average Bonchev–Trinajstić information content (AvgIpc) is 3.38. The summed E-state index contributed by atoms with van der Waals surface area (Å²) < 4.78 is 0. The summed E-state index contributed by atoms with van der Waals surface area (Å²) in [5.41, 5.74) is 7.32. The fourth-order valence-corrected chi connectivity index (χ4v) is 4.69. The Kier molecular flexibility index (Phi) is 5.01. The van der Waals surface area contributed by atoms with Crippen LogP contribution >= 0.6 is 35.0 Å². The van der Waals surface area contributed by atoms with Crippen molar-refractivity contribution in [2.45, 2.75) is 25.8 Å². The Bertz CT molecular complexity index is 803. The number of halogens is 2. The van der Waals surface area contributed by atoms with Gasteiger partial charge < -0.3 is 0 Å². The SMILES string of the molecule is CC1=C(c2ccc(Cl)cc2Cl)N(NC(c2ccccc2)C2CC2)CS1. The zero-order valence-electron chi connectivity index (χ0n) is 14.0. The van der Waals surface area contributed by atoms with Crippen LogP contribution in [0.3, 0.4) is 0 Å². The van der Waals surface area contributed by atoms with E-state index in [1.165, 1.54) is 23.3 Å². The van der Waals surface area contributed by atoms with E-state index in [1.54, 1.807) is 0 Å². The summed E-state index contributed by atoms with van der Waals surface area (Å²) in [7, 11) is 0. The highest BCUT2D eigenvalue weighted by molar-refractivity contribution is 8.03. The fourth-order valence-electron chi connectivity index (χ4n) is 3.31. The van der Waals surface area contributed by atoms with Gasteiger partial charge in [-0.05, 0) is 49.4 Å². The van der Waals surface area contributed by atoms with Crippen LogP contribution in [-0.4, -0.2) is 10.9 Å². The van der Waals surface area contributed by atoms with E-state index in [9.17, 15) is 0 Å². The highest BCUT2D eigenvalue weighted by atomic mass is 35.5. The van der Waals surface area contributed by atoms with Crippen molar-refractivity contribution in [1.82, 2.24) is 10.4 Å². The van der Waals surface area contributed by atoms with Gasteiger partial charge in [0.05, 0.1) is 22.6 Å². The predicted molar refractivity (Wildman–Crippen MR) is 108 cm³/mol. The van der Waals surface area contributed by atoms with Crippen LogP contribution in [0.15, 0.2) is 53.4 Å². The van der Waals surface area contributed by atoms with Crippen LogP contribution in [0.2, 0.25) is 10.0 Å². The summed E-state index contributed by atoms with van der Waals surface area (Å²) in [4.78, 5) is 1.28. The molecule has 1 fully saturated rings. The second-order valence-corrected chi connectivity index (χ2v) is 8.59. The number of rotatable bonds is 5. The number of thioether (sulfide) groups is 1. The molecule has 2 aromatic rings. The molecule has 1 unspecified atom stereocenters. The van der Waals surface area contributed by atoms with Gasteiger partial charge in [-0.1, -0.05) is 53.5 Å². The molecule has 1 heterocycles. The topological polar surface area (TPSA) is 15.3 Å². The number of nitrogens with one attached hydrogen (secondary N) is 1. The third-order valence-corrected chi connectivity index (χ3v) is 6.31. The molecule has 0 amide bonds. The van der Waals surface area contributed by atoms with Gasteiger partial charge in [0, 0.05) is 15.5 Å². The van der Waals surface area contributed by atoms with Crippen LogP contribution in [0.5, 0.6) is 0 Å². The minimum atomic E-state index is 0.341. The zero-order chi connectivity index (χ0) is 17.4. The van der Waals surface area contributed by atoms with Crippen molar-refractivity contribution in [3.63, 3.8) is 0 Å². The Balaban J connectivity index is 1.63. The molecular weight excluding hydrogens is 371 g/mol. The molecule has 2 nitrogen and oxygen atoms in total. The van der Waals surface area contributed by atoms with Crippen LogP contribution in [0.1, 0.15) is 36.9 Å². The molecule has 2 aliphatic rings. The Hall–Kier alpha value is -1.13. The first-order valence-electron chi connectivity index (χ1n) is 8.51. The first kappa shape index (κ1) is 17.3. The molecule has 0 spiro atoms. The van der Waals surface area contributed by atoms with E-state index in [-0.39, 0.29) is 0 Å². The molecule has 130 valence electrons. The van der Waals surface area contributed by atoms with E-state index in [4.69, 9.17) is 23.2 Å². The van der Waals surface area contributed by atoms with Gasteiger partial charge in [0.15, 0.2) is 0 Å². The minimum absolute atomic E-state index is 0.341. The van der Waals surface area contributed by atoms with E-state index in [0.29, 0.717) is 22.0 Å². The number of hydrogen-bond donors (Lipinski definition) is 1. The van der Waals surface area contributed by atoms with Gasteiger partial charge in [-0.15, -0.1) is 11.8 Å². The lowest BCUT2D eigenvalue weighted by atomic mass is 10.0.